The van der Waals surface area contributed by atoms with E-state index in [4.69, 9.17) is 32.7 Å². The number of fused-ring (bicyclic) bond motifs is 1. The Morgan fingerprint density at radius 3 is 2.72 bits per heavy atom. The molecule has 32 heavy (non-hydrogen) atoms. The van der Waals surface area contributed by atoms with E-state index >= 15 is 0 Å². The third-order valence-electron chi connectivity index (χ3n) is 6.61. The van der Waals surface area contributed by atoms with Crippen LogP contribution in [0.4, 0.5) is 5.69 Å². The van der Waals surface area contributed by atoms with Crippen LogP contribution in [0, 0.1) is 12.3 Å². The fourth-order valence-electron chi connectivity index (χ4n) is 5.29. The Morgan fingerprint density at radius 1 is 1.19 bits per heavy atom. The van der Waals surface area contributed by atoms with E-state index in [-0.39, 0.29) is 29.3 Å². The minimum atomic E-state index is -0.591. The van der Waals surface area contributed by atoms with E-state index < -0.39 is 6.10 Å². The van der Waals surface area contributed by atoms with E-state index in [1.54, 1.807) is 30.3 Å². The zero-order valence-corrected chi connectivity index (χ0v) is 19.2. The molecule has 6 nitrogen and oxygen atoms in total. The maximum Gasteiger partial charge on any atom is 0.263 e. The molecule has 0 saturated heterocycles. The second kappa shape index (κ2) is 7.85. The predicted octanol–water partition coefficient (Wildman–Crippen LogP) is 4.55. The normalized spacial score (nSPS) is 27.0. The molecule has 0 spiro atoms. The van der Waals surface area contributed by atoms with Crippen molar-refractivity contribution >= 4 is 40.6 Å². The van der Waals surface area contributed by atoms with Crippen LogP contribution in [0.2, 0.25) is 10.0 Å². The topological polar surface area (TPSA) is 76.7 Å². The van der Waals surface area contributed by atoms with Gasteiger partial charge in [-0.1, -0.05) is 23.2 Å². The van der Waals surface area contributed by atoms with Gasteiger partial charge >= 0.3 is 0 Å². The number of ether oxygens (including phenoxy) is 2. The van der Waals surface area contributed by atoms with Crippen molar-refractivity contribution in [1.29, 1.82) is 0 Å². The summed E-state index contributed by atoms with van der Waals surface area (Å²) in [6.07, 6.45) is 2.36. The largest absolute Gasteiger partial charge is 0.486 e. The fraction of sp³-hybridized carbons (Fsp3) is 0.417. The van der Waals surface area contributed by atoms with Crippen molar-refractivity contribution in [2.75, 3.05) is 18.5 Å². The average molecular weight is 475 g/mol. The number of ketones is 1. The molecule has 2 aromatic rings. The van der Waals surface area contributed by atoms with E-state index in [2.05, 4.69) is 10.6 Å². The molecule has 0 aromatic heterocycles. The number of benzene rings is 2. The van der Waals surface area contributed by atoms with E-state index in [9.17, 15) is 9.59 Å². The molecule has 2 bridgehead atoms. The second-order valence-corrected chi connectivity index (χ2v) is 10.2. The Kier molecular flexibility index (Phi) is 5.25. The number of hydrogen-bond acceptors (Lipinski definition) is 5. The summed E-state index contributed by atoms with van der Waals surface area (Å²) in [6, 6.07) is 10.6. The fourth-order valence-corrected chi connectivity index (χ4v) is 5.58. The van der Waals surface area contributed by atoms with Crippen LogP contribution in [-0.4, -0.2) is 36.5 Å². The predicted molar refractivity (Wildman–Crippen MR) is 123 cm³/mol. The summed E-state index contributed by atoms with van der Waals surface area (Å²) in [5.74, 6) is 1.22. The minimum Gasteiger partial charge on any atom is -0.486 e. The first-order valence-electron chi connectivity index (χ1n) is 10.7. The maximum atomic E-state index is 12.7. The van der Waals surface area contributed by atoms with Crippen molar-refractivity contribution in [3.8, 4) is 11.5 Å². The third-order valence-corrected chi connectivity index (χ3v) is 7.27. The van der Waals surface area contributed by atoms with Gasteiger partial charge in [-0.3, -0.25) is 9.59 Å². The molecule has 6 rings (SSSR count). The van der Waals surface area contributed by atoms with Crippen molar-refractivity contribution < 1.29 is 19.1 Å². The first-order chi connectivity index (χ1) is 15.2. The molecule has 2 aromatic carbocycles. The summed E-state index contributed by atoms with van der Waals surface area (Å²) >= 11 is 12.0. The molecular weight excluding hydrogens is 451 g/mol. The molecule has 168 valence electrons. The van der Waals surface area contributed by atoms with E-state index in [0.29, 0.717) is 34.5 Å². The molecule has 0 unspecified atom stereocenters. The minimum absolute atomic E-state index is 0.00133. The molecule has 1 aliphatic heterocycles. The van der Waals surface area contributed by atoms with Gasteiger partial charge in [0.25, 0.3) is 5.91 Å². The van der Waals surface area contributed by atoms with Gasteiger partial charge in [-0.25, -0.2) is 0 Å². The number of rotatable bonds is 7. The van der Waals surface area contributed by atoms with Crippen molar-refractivity contribution in [1.82, 2.24) is 5.32 Å². The number of halogens is 2. The first kappa shape index (κ1) is 21.4. The van der Waals surface area contributed by atoms with Crippen LogP contribution in [-0.2, 0) is 9.59 Å². The number of hydrogen-bond donors (Lipinski definition) is 2. The highest BCUT2D eigenvalue weighted by molar-refractivity contribution is 6.31. The number of Topliss-reactive ketones (excluding diaryl/α,β-unsaturated/α-hetero) is 1. The van der Waals surface area contributed by atoms with Crippen molar-refractivity contribution in [2.45, 2.75) is 44.2 Å². The van der Waals surface area contributed by atoms with Crippen molar-refractivity contribution in [2.24, 2.45) is 5.41 Å². The lowest BCUT2D eigenvalue weighted by atomic mass is 9.38. The van der Waals surface area contributed by atoms with Gasteiger partial charge in [0.15, 0.2) is 11.9 Å². The lowest BCUT2D eigenvalue weighted by Gasteiger charge is -2.70. The molecule has 4 aliphatic rings. The smallest absolute Gasteiger partial charge is 0.263 e. The van der Waals surface area contributed by atoms with Crippen LogP contribution in [0.3, 0.4) is 0 Å². The van der Waals surface area contributed by atoms with Gasteiger partial charge in [0.1, 0.15) is 18.1 Å². The van der Waals surface area contributed by atoms with Crippen molar-refractivity contribution in [3.05, 3.63) is 52.0 Å². The number of anilines is 1. The zero-order valence-electron chi connectivity index (χ0n) is 17.7. The molecule has 8 heteroatoms. The SMILES string of the molecule is Cc1cc(OCC(=O)CC23CC(NC(=O)[C@H]4CNc5cc(Cl)ccc5O4)(C2)C3)ccc1Cl. The maximum absolute atomic E-state index is 12.7. The summed E-state index contributed by atoms with van der Waals surface area (Å²) in [4.78, 5) is 25.2. The van der Waals surface area contributed by atoms with Crippen LogP contribution in [0.25, 0.3) is 0 Å². The molecular formula is C24H24Cl2N2O4. The van der Waals surface area contributed by atoms with Gasteiger partial charge in [-0.2, -0.15) is 0 Å². The van der Waals surface area contributed by atoms with Crippen LogP contribution < -0.4 is 20.1 Å². The van der Waals surface area contributed by atoms with Gasteiger partial charge in [0, 0.05) is 22.0 Å². The summed E-state index contributed by atoms with van der Waals surface area (Å²) in [5.41, 5.74) is 1.51. The Labute approximate surface area is 196 Å². The molecule has 3 aliphatic carbocycles. The highest BCUT2D eigenvalue weighted by atomic mass is 35.5. The highest BCUT2D eigenvalue weighted by Gasteiger charge is 2.68. The monoisotopic (exact) mass is 474 g/mol. The third kappa shape index (κ3) is 4.02. The highest BCUT2D eigenvalue weighted by Crippen LogP contribution is 2.69. The van der Waals surface area contributed by atoms with E-state index in [1.165, 1.54) is 0 Å². The summed E-state index contributed by atoms with van der Waals surface area (Å²) in [7, 11) is 0. The van der Waals surface area contributed by atoms with Gasteiger partial charge < -0.3 is 20.1 Å². The summed E-state index contributed by atoms with van der Waals surface area (Å²) in [5, 5.41) is 7.64. The number of aryl methyl sites for hydroxylation is 1. The number of amides is 1. The molecule has 1 heterocycles. The first-order valence-corrected chi connectivity index (χ1v) is 11.4. The molecule has 3 fully saturated rings. The van der Waals surface area contributed by atoms with Crippen LogP contribution in [0.1, 0.15) is 31.2 Å². The Morgan fingerprint density at radius 2 is 1.97 bits per heavy atom. The number of nitrogens with one attached hydrogen (secondary N) is 2. The van der Waals surface area contributed by atoms with Crippen molar-refractivity contribution in [3.63, 3.8) is 0 Å². The number of carbonyl (C=O) groups is 2. The Balaban J connectivity index is 1.08. The summed E-state index contributed by atoms with van der Waals surface area (Å²) < 4.78 is 11.5. The van der Waals surface area contributed by atoms with Crippen LogP contribution in [0.5, 0.6) is 11.5 Å². The standard InChI is InChI=1S/C24H24Cl2N2O4/c1-14-6-17(3-4-18(14)26)31-10-16(29)8-23-11-24(12-23,13-23)28-22(30)21-9-27-19-7-15(25)2-5-20(19)32-21/h2-7,21,27H,8-13H2,1H3,(H,28,30)/t21-,23?,24?/m1/s1. The lowest BCUT2D eigenvalue weighted by Crippen LogP contribution is -2.76. The van der Waals surface area contributed by atoms with E-state index in [0.717, 1.165) is 30.5 Å². The Hall–Kier alpha value is -2.44. The van der Waals surface area contributed by atoms with Gasteiger partial charge in [-0.15, -0.1) is 0 Å². The van der Waals surface area contributed by atoms with E-state index in [1.807, 2.05) is 13.0 Å². The molecule has 2 N–H and O–H groups in total. The van der Waals surface area contributed by atoms with Gasteiger partial charge in [0.05, 0.1) is 12.2 Å². The van der Waals surface area contributed by atoms with Crippen LogP contribution >= 0.6 is 23.2 Å². The second-order valence-electron chi connectivity index (χ2n) is 9.34. The molecule has 3 saturated carbocycles. The average Bonchev–Trinajstić information content (AvgIpc) is 2.71. The summed E-state index contributed by atoms with van der Waals surface area (Å²) in [6.45, 7) is 2.34. The van der Waals surface area contributed by atoms with Gasteiger partial charge in [0.2, 0.25) is 0 Å². The molecule has 1 atom stereocenters. The van der Waals surface area contributed by atoms with Crippen LogP contribution in [0.15, 0.2) is 36.4 Å². The Bertz CT molecular complexity index is 1080. The molecule has 1 amide bonds. The van der Waals surface area contributed by atoms with Gasteiger partial charge in [-0.05, 0) is 73.6 Å². The quantitative estimate of drug-likeness (QED) is 0.615. The zero-order chi connectivity index (χ0) is 22.5. The number of carbonyl (C=O) groups excluding carboxylic acids is 2. The lowest BCUT2D eigenvalue weighted by molar-refractivity contribution is -0.175. The molecule has 0 radical (unpaired) electrons.